The predicted octanol–water partition coefficient (Wildman–Crippen LogP) is 2.95. The van der Waals surface area contributed by atoms with E-state index in [2.05, 4.69) is 5.32 Å². The van der Waals surface area contributed by atoms with Crippen LogP contribution in [-0.4, -0.2) is 45.4 Å². The second kappa shape index (κ2) is 10.1. The molecule has 0 aliphatic heterocycles. The summed E-state index contributed by atoms with van der Waals surface area (Å²) in [6, 6.07) is 12.8. The minimum Gasteiger partial charge on any atom is -0.383 e. The standard InChI is InChI=1S/C18H20Cl2N2O4S/c1-26-10-9-21-18(23)13-22(12-14-7-8-16(19)17(20)11-14)27(24,25)15-5-3-2-4-6-15/h2-8,11H,9-10,12-13H2,1H3,(H,21,23). The van der Waals surface area contributed by atoms with E-state index in [1.54, 1.807) is 36.4 Å². The molecular formula is C18H20Cl2N2O4S. The average Bonchev–Trinajstić information content (AvgIpc) is 2.65. The van der Waals surface area contributed by atoms with Crippen LogP contribution in [0.1, 0.15) is 5.56 Å². The molecule has 2 aromatic rings. The molecule has 0 aliphatic carbocycles. The van der Waals surface area contributed by atoms with Crippen LogP contribution in [0.25, 0.3) is 0 Å². The highest BCUT2D eigenvalue weighted by Crippen LogP contribution is 2.25. The molecule has 0 unspecified atom stereocenters. The third-order valence-corrected chi connectivity index (χ3v) is 6.22. The van der Waals surface area contributed by atoms with Gasteiger partial charge in [-0.1, -0.05) is 47.5 Å². The number of nitrogens with zero attached hydrogens (tertiary/aromatic N) is 1. The fraction of sp³-hybridized carbons (Fsp3) is 0.278. The zero-order valence-electron chi connectivity index (χ0n) is 14.7. The molecule has 0 bridgehead atoms. The van der Waals surface area contributed by atoms with Gasteiger partial charge in [-0.25, -0.2) is 8.42 Å². The van der Waals surface area contributed by atoms with Gasteiger partial charge < -0.3 is 10.1 Å². The number of hydrogen-bond donors (Lipinski definition) is 1. The Morgan fingerprint density at radius 2 is 1.81 bits per heavy atom. The van der Waals surface area contributed by atoms with Crippen molar-refractivity contribution in [2.24, 2.45) is 0 Å². The summed E-state index contributed by atoms with van der Waals surface area (Å²) in [4.78, 5) is 12.3. The summed E-state index contributed by atoms with van der Waals surface area (Å²) in [5.74, 6) is -0.424. The van der Waals surface area contributed by atoms with Crippen LogP contribution < -0.4 is 5.32 Å². The maximum atomic E-state index is 13.0. The van der Waals surface area contributed by atoms with Crippen LogP contribution in [0.4, 0.5) is 0 Å². The molecule has 0 aromatic heterocycles. The smallest absolute Gasteiger partial charge is 0.243 e. The number of hydrogen-bond acceptors (Lipinski definition) is 4. The van der Waals surface area contributed by atoms with Crippen LogP contribution in [0.15, 0.2) is 53.4 Å². The van der Waals surface area contributed by atoms with Crippen molar-refractivity contribution >= 4 is 39.1 Å². The minimum atomic E-state index is -3.88. The van der Waals surface area contributed by atoms with E-state index >= 15 is 0 Å². The Labute approximate surface area is 169 Å². The van der Waals surface area contributed by atoms with E-state index < -0.39 is 15.9 Å². The molecule has 0 saturated carbocycles. The third-order valence-electron chi connectivity index (χ3n) is 3.67. The Bertz CT molecular complexity index is 876. The van der Waals surface area contributed by atoms with Crippen LogP contribution >= 0.6 is 23.2 Å². The first-order valence-electron chi connectivity index (χ1n) is 8.09. The summed E-state index contributed by atoms with van der Waals surface area (Å²) in [6.07, 6.45) is 0. The number of carbonyl (C=O) groups excluding carboxylic acids is 1. The van der Waals surface area contributed by atoms with Gasteiger partial charge in [0.25, 0.3) is 0 Å². The molecule has 2 aromatic carbocycles. The molecule has 1 N–H and O–H groups in total. The molecule has 9 heteroatoms. The van der Waals surface area contributed by atoms with E-state index in [1.165, 1.54) is 19.2 Å². The molecule has 0 heterocycles. The Morgan fingerprint density at radius 3 is 2.44 bits per heavy atom. The molecule has 0 aliphatic rings. The number of halogens is 2. The fourth-order valence-electron chi connectivity index (χ4n) is 2.32. The van der Waals surface area contributed by atoms with Gasteiger partial charge in [-0.15, -0.1) is 0 Å². The number of rotatable bonds is 9. The third kappa shape index (κ3) is 6.19. The van der Waals surface area contributed by atoms with Crippen molar-refractivity contribution in [3.8, 4) is 0 Å². The van der Waals surface area contributed by atoms with Gasteiger partial charge in [-0.3, -0.25) is 4.79 Å². The first kappa shape index (κ1) is 21.7. The van der Waals surface area contributed by atoms with Crippen molar-refractivity contribution in [3.05, 3.63) is 64.1 Å². The molecule has 0 spiro atoms. The predicted molar refractivity (Wildman–Crippen MR) is 105 cm³/mol. The normalized spacial score (nSPS) is 11.6. The zero-order valence-corrected chi connectivity index (χ0v) is 17.0. The van der Waals surface area contributed by atoms with E-state index in [4.69, 9.17) is 27.9 Å². The number of methoxy groups -OCH3 is 1. The number of nitrogens with one attached hydrogen (secondary N) is 1. The molecule has 6 nitrogen and oxygen atoms in total. The summed E-state index contributed by atoms with van der Waals surface area (Å²) in [5.41, 5.74) is 0.619. The van der Waals surface area contributed by atoms with E-state index in [9.17, 15) is 13.2 Å². The number of amides is 1. The van der Waals surface area contributed by atoms with Gasteiger partial charge in [0, 0.05) is 20.2 Å². The quantitative estimate of drug-likeness (QED) is 0.620. The summed E-state index contributed by atoms with van der Waals surface area (Å²) >= 11 is 11.9. The Kier molecular flexibility index (Phi) is 8.07. The van der Waals surface area contributed by atoms with Gasteiger partial charge in [0.15, 0.2) is 0 Å². The van der Waals surface area contributed by atoms with Gasteiger partial charge in [-0.2, -0.15) is 4.31 Å². The minimum absolute atomic E-state index is 0.0220. The zero-order chi connectivity index (χ0) is 19.9. The van der Waals surface area contributed by atoms with Gasteiger partial charge in [0.1, 0.15) is 0 Å². The number of sulfonamides is 1. The highest BCUT2D eigenvalue weighted by Gasteiger charge is 2.26. The molecular weight excluding hydrogens is 411 g/mol. The van der Waals surface area contributed by atoms with Gasteiger partial charge in [0.05, 0.1) is 28.1 Å². The lowest BCUT2D eigenvalue weighted by Gasteiger charge is -2.22. The first-order chi connectivity index (χ1) is 12.8. The van der Waals surface area contributed by atoms with Crippen molar-refractivity contribution in [3.63, 3.8) is 0 Å². The highest BCUT2D eigenvalue weighted by molar-refractivity contribution is 7.89. The van der Waals surface area contributed by atoms with Crippen molar-refractivity contribution in [2.45, 2.75) is 11.4 Å². The van der Waals surface area contributed by atoms with Crippen LogP contribution in [0.3, 0.4) is 0 Å². The summed E-state index contributed by atoms with van der Waals surface area (Å²) < 4.78 is 32.0. The lowest BCUT2D eigenvalue weighted by Crippen LogP contribution is -2.41. The van der Waals surface area contributed by atoms with Crippen LogP contribution in [-0.2, 0) is 26.1 Å². The molecule has 0 atom stereocenters. The number of benzene rings is 2. The largest absolute Gasteiger partial charge is 0.383 e. The maximum absolute atomic E-state index is 13.0. The molecule has 0 saturated heterocycles. The molecule has 0 radical (unpaired) electrons. The first-order valence-corrected chi connectivity index (χ1v) is 10.3. The van der Waals surface area contributed by atoms with Crippen molar-refractivity contribution in [2.75, 3.05) is 26.8 Å². The fourth-order valence-corrected chi connectivity index (χ4v) is 4.04. The van der Waals surface area contributed by atoms with E-state index in [1.807, 2.05) is 0 Å². The topological polar surface area (TPSA) is 75.7 Å². The van der Waals surface area contributed by atoms with Crippen molar-refractivity contribution in [1.29, 1.82) is 0 Å². The van der Waals surface area contributed by atoms with E-state index in [0.717, 1.165) is 4.31 Å². The molecule has 27 heavy (non-hydrogen) atoms. The van der Waals surface area contributed by atoms with E-state index in [-0.39, 0.29) is 18.0 Å². The monoisotopic (exact) mass is 430 g/mol. The van der Waals surface area contributed by atoms with Crippen molar-refractivity contribution < 1.29 is 17.9 Å². The Morgan fingerprint density at radius 1 is 1.11 bits per heavy atom. The molecule has 146 valence electrons. The van der Waals surface area contributed by atoms with Crippen LogP contribution in [0.2, 0.25) is 10.0 Å². The average molecular weight is 431 g/mol. The Balaban J connectivity index is 2.27. The Hall–Kier alpha value is -1.64. The summed E-state index contributed by atoms with van der Waals surface area (Å²) in [5, 5.41) is 3.31. The number of ether oxygens (including phenoxy) is 1. The second-order valence-electron chi connectivity index (χ2n) is 5.68. The van der Waals surface area contributed by atoms with Crippen molar-refractivity contribution in [1.82, 2.24) is 9.62 Å². The molecule has 1 amide bonds. The maximum Gasteiger partial charge on any atom is 0.243 e. The van der Waals surface area contributed by atoms with Gasteiger partial charge in [-0.05, 0) is 29.8 Å². The van der Waals surface area contributed by atoms with E-state index in [0.29, 0.717) is 28.8 Å². The molecule has 2 rings (SSSR count). The van der Waals surface area contributed by atoms with Crippen LogP contribution in [0, 0.1) is 0 Å². The second-order valence-corrected chi connectivity index (χ2v) is 8.43. The summed E-state index contributed by atoms with van der Waals surface area (Å²) in [6.45, 7) is 0.276. The van der Waals surface area contributed by atoms with Gasteiger partial charge in [0.2, 0.25) is 15.9 Å². The SMILES string of the molecule is COCCNC(=O)CN(Cc1ccc(Cl)c(Cl)c1)S(=O)(=O)c1ccccc1. The summed E-state index contributed by atoms with van der Waals surface area (Å²) in [7, 11) is -2.37. The lowest BCUT2D eigenvalue weighted by atomic mass is 10.2. The van der Waals surface area contributed by atoms with Gasteiger partial charge >= 0.3 is 0 Å². The van der Waals surface area contributed by atoms with Crippen LogP contribution in [0.5, 0.6) is 0 Å². The molecule has 0 fully saturated rings. The highest BCUT2D eigenvalue weighted by atomic mass is 35.5. The number of carbonyl (C=O) groups is 1. The lowest BCUT2D eigenvalue weighted by molar-refractivity contribution is -0.121.